The molecule has 0 aliphatic rings. The van der Waals surface area contributed by atoms with Gasteiger partial charge in [-0.25, -0.2) is 13.6 Å². The zero-order chi connectivity index (χ0) is 19.3. The van der Waals surface area contributed by atoms with Gasteiger partial charge >= 0.3 is 5.97 Å². The normalized spacial score (nSPS) is 11.6. The number of halogens is 2. The Morgan fingerprint density at radius 3 is 2.23 bits per heavy atom. The van der Waals surface area contributed by atoms with Gasteiger partial charge in [0.25, 0.3) is 5.69 Å². The van der Waals surface area contributed by atoms with Gasteiger partial charge in [0.2, 0.25) is 5.91 Å². The number of hydrogen-bond donors (Lipinski definition) is 2. The lowest BCUT2D eigenvalue weighted by atomic mass is 10.0. The third kappa shape index (κ3) is 5.07. The predicted octanol–water partition coefficient (Wildman–Crippen LogP) is 2.23. The minimum atomic E-state index is -1.29. The maximum absolute atomic E-state index is 13.1. The number of nitro groups is 1. The molecule has 0 radical (unpaired) electrons. The Bertz CT molecular complexity index is 840. The van der Waals surface area contributed by atoms with Gasteiger partial charge in [-0.15, -0.1) is 0 Å². The molecule has 0 heterocycles. The third-order valence-corrected chi connectivity index (χ3v) is 3.57. The molecule has 0 aromatic heterocycles. The third-order valence-electron chi connectivity index (χ3n) is 3.57. The van der Waals surface area contributed by atoms with Gasteiger partial charge in [-0.2, -0.15) is 0 Å². The van der Waals surface area contributed by atoms with Crippen LogP contribution in [0.2, 0.25) is 0 Å². The van der Waals surface area contributed by atoms with E-state index in [-0.39, 0.29) is 24.1 Å². The number of benzene rings is 2. The maximum atomic E-state index is 13.1. The number of carbonyl (C=O) groups excluding carboxylic acids is 1. The van der Waals surface area contributed by atoms with Crippen molar-refractivity contribution in [2.24, 2.45) is 0 Å². The fraction of sp³-hybridized carbons (Fsp3) is 0.176. The number of nitrogens with one attached hydrogen (secondary N) is 1. The van der Waals surface area contributed by atoms with E-state index in [1.165, 1.54) is 30.3 Å². The highest BCUT2D eigenvalue weighted by atomic mass is 19.2. The van der Waals surface area contributed by atoms with Crippen LogP contribution in [-0.2, 0) is 22.4 Å². The second-order valence-electron chi connectivity index (χ2n) is 5.51. The van der Waals surface area contributed by atoms with Crippen molar-refractivity contribution in [3.8, 4) is 0 Å². The van der Waals surface area contributed by atoms with Crippen LogP contribution in [0.3, 0.4) is 0 Å². The molecule has 1 atom stereocenters. The zero-order valence-electron chi connectivity index (χ0n) is 13.3. The molecule has 0 spiro atoms. The fourth-order valence-corrected chi connectivity index (χ4v) is 2.27. The van der Waals surface area contributed by atoms with Gasteiger partial charge in [-0.05, 0) is 23.3 Å². The van der Waals surface area contributed by atoms with E-state index in [2.05, 4.69) is 5.32 Å². The number of carbonyl (C=O) groups is 2. The summed E-state index contributed by atoms with van der Waals surface area (Å²) in [5.41, 5.74) is 0.542. The number of rotatable bonds is 7. The highest BCUT2D eigenvalue weighted by Crippen LogP contribution is 2.14. The first kappa shape index (κ1) is 19.0. The molecule has 9 heteroatoms. The van der Waals surface area contributed by atoms with E-state index < -0.39 is 34.5 Å². The van der Waals surface area contributed by atoms with E-state index in [4.69, 9.17) is 0 Å². The number of hydrogen-bond acceptors (Lipinski definition) is 4. The van der Waals surface area contributed by atoms with Crippen molar-refractivity contribution in [2.75, 3.05) is 0 Å². The van der Waals surface area contributed by atoms with Crippen molar-refractivity contribution in [1.82, 2.24) is 5.32 Å². The Morgan fingerprint density at radius 2 is 1.69 bits per heavy atom. The molecule has 2 N–H and O–H groups in total. The number of aliphatic carboxylic acids is 1. The van der Waals surface area contributed by atoms with E-state index in [0.717, 1.165) is 12.1 Å². The summed E-state index contributed by atoms with van der Waals surface area (Å²) in [5, 5.41) is 22.1. The van der Waals surface area contributed by atoms with Gasteiger partial charge < -0.3 is 10.4 Å². The van der Waals surface area contributed by atoms with E-state index in [1.807, 2.05) is 0 Å². The molecule has 0 fully saturated rings. The van der Waals surface area contributed by atoms with Crippen LogP contribution < -0.4 is 5.32 Å². The number of carboxylic acids is 1. The largest absolute Gasteiger partial charge is 0.480 e. The first-order valence-electron chi connectivity index (χ1n) is 7.45. The Kier molecular flexibility index (Phi) is 5.94. The Morgan fingerprint density at radius 1 is 1.08 bits per heavy atom. The van der Waals surface area contributed by atoms with Crippen molar-refractivity contribution < 1.29 is 28.4 Å². The van der Waals surface area contributed by atoms with E-state index in [0.29, 0.717) is 5.56 Å². The first-order chi connectivity index (χ1) is 12.3. The topological polar surface area (TPSA) is 110 Å². The van der Waals surface area contributed by atoms with Gasteiger partial charge in [0.1, 0.15) is 6.04 Å². The summed E-state index contributed by atoms with van der Waals surface area (Å²) < 4.78 is 26.0. The minimum Gasteiger partial charge on any atom is -0.480 e. The molecule has 2 aromatic rings. The van der Waals surface area contributed by atoms with Gasteiger partial charge in [-0.1, -0.05) is 18.2 Å². The van der Waals surface area contributed by atoms with Gasteiger partial charge in [0.05, 0.1) is 11.3 Å². The molecular weight excluding hydrogens is 350 g/mol. The number of carboxylic acid groups (broad SMARTS) is 1. The van der Waals surface area contributed by atoms with Crippen LogP contribution in [0, 0.1) is 21.7 Å². The molecule has 0 saturated carbocycles. The van der Waals surface area contributed by atoms with Crippen molar-refractivity contribution in [2.45, 2.75) is 18.9 Å². The number of nitrogens with zero attached hydrogens (tertiary/aromatic N) is 1. The van der Waals surface area contributed by atoms with Crippen LogP contribution in [0.25, 0.3) is 0 Å². The van der Waals surface area contributed by atoms with Crippen molar-refractivity contribution >= 4 is 17.6 Å². The lowest BCUT2D eigenvalue weighted by Crippen LogP contribution is -2.43. The monoisotopic (exact) mass is 364 g/mol. The van der Waals surface area contributed by atoms with Crippen molar-refractivity contribution in [3.05, 3.63) is 75.3 Å². The highest BCUT2D eigenvalue weighted by molar-refractivity contribution is 5.85. The first-order valence-corrected chi connectivity index (χ1v) is 7.45. The molecule has 26 heavy (non-hydrogen) atoms. The van der Waals surface area contributed by atoms with E-state index >= 15 is 0 Å². The lowest BCUT2D eigenvalue weighted by Gasteiger charge is -2.14. The maximum Gasteiger partial charge on any atom is 0.326 e. The van der Waals surface area contributed by atoms with Crippen LogP contribution in [0.4, 0.5) is 14.5 Å². The van der Waals surface area contributed by atoms with Crippen LogP contribution in [0.15, 0.2) is 42.5 Å². The molecule has 0 saturated heterocycles. The van der Waals surface area contributed by atoms with Crippen LogP contribution >= 0.6 is 0 Å². The summed E-state index contributed by atoms with van der Waals surface area (Å²) in [5.74, 6) is -4.11. The number of non-ortho nitro benzene ring substituents is 1. The van der Waals surface area contributed by atoms with Gasteiger partial charge in [0.15, 0.2) is 11.6 Å². The zero-order valence-corrected chi connectivity index (χ0v) is 13.3. The molecule has 0 aliphatic heterocycles. The molecule has 136 valence electrons. The quantitative estimate of drug-likeness (QED) is 0.578. The molecule has 7 nitrogen and oxygen atoms in total. The van der Waals surface area contributed by atoms with Gasteiger partial charge in [-0.3, -0.25) is 14.9 Å². The fourth-order valence-electron chi connectivity index (χ4n) is 2.27. The summed E-state index contributed by atoms with van der Waals surface area (Å²) in [6.07, 6.45) is -0.405. The Labute approximate surface area is 146 Å². The molecule has 2 aromatic carbocycles. The SMILES string of the molecule is O=C(Cc1ccc(F)c(F)c1)N[C@H](Cc1ccc([N+](=O)[O-])cc1)C(=O)O. The van der Waals surface area contributed by atoms with Crippen LogP contribution in [-0.4, -0.2) is 27.9 Å². The lowest BCUT2D eigenvalue weighted by molar-refractivity contribution is -0.384. The van der Waals surface area contributed by atoms with Crippen molar-refractivity contribution in [3.63, 3.8) is 0 Å². The Hall–Kier alpha value is -3.36. The van der Waals surface area contributed by atoms with E-state index in [1.54, 1.807) is 0 Å². The second-order valence-corrected chi connectivity index (χ2v) is 5.51. The average Bonchev–Trinajstić information content (AvgIpc) is 2.58. The van der Waals surface area contributed by atoms with E-state index in [9.17, 15) is 33.6 Å². The molecular formula is C17H14F2N2O5. The predicted molar refractivity (Wildman–Crippen MR) is 86.4 cm³/mol. The standard InChI is InChI=1S/C17H14F2N2O5/c18-13-6-3-11(7-14(13)19)9-16(22)20-15(17(23)24)8-10-1-4-12(5-2-10)21(25)26/h1-7,15H,8-9H2,(H,20,22)(H,23,24)/t15-/m1/s1. The smallest absolute Gasteiger partial charge is 0.326 e. The minimum absolute atomic E-state index is 0.0865. The number of nitro benzene ring substituents is 1. The summed E-state index contributed by atoms with van der Waals surface area (Å²) in [7, 11) is 0. The summed E-state index contributed by atoms with van der Waals surface area (Å²) in [6.45, 7) is 0. The molecule has 0 bridgehead atoms. The molecule has 2 rings (SSSR count). The average molecular weight is 364 g/mol. The summed E-state index contributed by atoms with van der Waals surface area (Å²) in [6, 6.07) is 6.96. The molecule has 0 aliphatic carbocycles. The van der Waals surface area contributed by atoms with Gasteiger partial charge in [0, 0.05) is 18.6 Å². The van der Waals surface area contributed by atoms with Crippen LogP contribution in [0.5, 0.6) is 0 Å². The highest BCUT2D eigenvalue weighted by Gasteiger charge is 2.21. The Balaban J connectivity index is 2.02. The van der Waals surface area contributed by atoms with Crippen LogP contribution in [0.1, 0.15) is 11.1 Å². The van der Waals surface area contributed by atoms with Crippen molar-refractivity contribution in [1.29, 1.82) is 0 Å². The molecule has 1 amide bonds. The summed E-state index contributed by atoms with van der Waals surface area (Å²) >= 11 is 0. The second kappa shape index (κ2) is 8.15. The number of amides is 1. The molecule has 0 unspecified atom stereocenters. The summed E-state index contributed by atoms with van der Waals surface area (Å²) in [4.78, 5) is 33.3.